The van der Waals surface area contributed by atoms with Crippen LogP contribution >= 0.6 is 23.4 Å². The van der Waals surface area contributed by atoms with E-state index in [0.29, 0.717) is 16.4 Å². The van der Waals surface area contributed by atoms with Gasteiger partial charge in [-0.25, -0.2) is 13.6 Å². The average molecular weight is 504 g/mol. The van der Waals surface area contributed by atoms with Crippen molar-refractivity contribution in [2.75, 3.05) is 10.6 Å². The second-order valence-electron chi connectivity index (χ2n) is 7.19. The molecule has 172 valence electrons. The van der Waals surface area contributed by atoms with Gasteiger partial charge >= 0.3 is 0 Å². The van der Waals surface area contributed by atoms with E-state index in [9.17, 15) is 18.0 Å². The monoisotopic (exact) mass is 503 g/mol. The van der Waals surface area contributed by atoms with Crippen molar-refractivity contribution in [1.82, 2.24) is 0 Å². The molecular weight excluding hydrogens is 482 g/mol. The lowest BCUT2D eigenvalue weighted by Gasteiger charge is -2.13. The lowest BCUT2D eigenvalue weighted by Crippen LogP contribution is -2.22. The molecule has 10 heteroatoms. The molecule has 0 radical (unpaired) electrons. The van der Waals surface area contributed by atoms with Crippen LogP contribution in [0.15, 0.2) is 82.6 Å². The van der Waals surface area contributed by atoms with Gasteiger partial charge in [0.25, 0.3) is 0 Å². The molecule has 4 N–H and O–H groups in total. The van der Waals surface area contributed by atoms with Crippen molar-refractivity contribution in [2.45, 2.75) is 28.4 Å². The van der Waals surface area contributed by atoms with Crippen LogP contribution in [0.1, 0.15) is 12.5 Å². The molecule has 2 amide bonds. The molecule has 0 fully saturated rings. The fraction of sp³-hybridized carbons (Fsp3) is 0.130. The van der Waals surface area contributed by atoms with Crippen LogP contribution in [-0.4, -0.2) is 25.5 Å². The number of primary sulfonamides is 1. The molecule has 3 rings (SSSR count). The Morgan fingerprint density at radius 3 is 2.03 bits per heavy atom. The molecule has 3 aromatic carbocycles. The number of carbonyl (C=O) groups excluding carboxylic acids is 2. The lowest BCUT2D eigenvalue weighted by molar-refractivity contribution is -0.116. The summed E-state index contributed by atoms with van der Waals surface area (Å²) in [5, 5.41) is 10.9. The SMILES string of the molecule is CC(Sc1ccc(NC(=O)Cc2ccc(Cl)cc2)cc1)C(=O)Nc1ccc(S(N)(=O)=O)cc1. The third-order valence-corrected chi connectivity index (χ3v) is 6.84. The molecule has 0 aromatic heterocycles. The number of amides is 2. The van der Waals surface area contributed by atoms with Crippen molar-refractivity contribution in [3.63, 3.8) is 0 Å². The minimum atomic E-state index is -3.78. The van der Waals surface area contributed by atoms with E-state index in [1.165, 1.54) is 36.0 Å². The molecule has 0 aliphatic carbocycles. The summed E-state index contributed by atoms with van der Waals surface area (Å²) in [6.07, 6.45) is 0.239. The molecule has 33 heavy (non-hydrogen) atoms. The number of hydrogen-bond acceptors (Lipinski definition) is 5. The van der Waals surface area contributed by atoms with E-state index in [0.717, 1.165) is 10.5 Å². The van der Waals surface area contributed by atoms with E-state index < -0.39 is 15.3 Å². The summed E-state index contributed by atoms with van der Waals surface area (Å²) in [4.78, 5) is 25.5. The van der Waals surface area contributed by atoms with Crippen LogP contribution in [0.3, 0.4) is 0 Å². The van der Waals surface area contributed by atoms with E-state index in [1.807, 2.05) is 24.3 Å². The van der Waals surface area contributed by atoms with Crippen molar-refractivity contribution in [2.24, 2.45) is 5.14 Å². The number of anilines is 2. The quantitative estimate of drug-likeness (QED) is 0.396. The van der Waals surface area contributed by atoms with Gasteiger partial charge in [-0.2, -0.15) is 0 Å². The Balaban J connectivity index is 1.51. The number of nitrogens with one attached hydrogen (secondary N) is 2. The maximum Gasteiger partial charge on any atom is 0.238 e. The topological polar surface area (TPSA) is 118 Å². The Morgan fingerprint density at radius 2 is 1.45 bits per heavy atom. The zero-order valence-electron chi connectivity index (χ0n) is 17.6. The first kappa shape index (κ1) is 24.8. The van der Waals surface area contributed by atoms with Crippen LogP contribution in [0, 0.1) is 0 Å². The van der Waals surface area contributed by atoms with Gasteiger partial charge in [-0.05, 0) is 73.2 Å². The number of thioether (sulfide) groups is 1. The first-order valence-electron chi connectivity index (χ1n) is 9.85. The highest BCUT2D eigenvalue weighted by Crippen LogP contribution is 2.26. The molecule has 0 saturated carbocycles. The Morgan fingerprint density at radius 1 is 0.909 bits per heavy atom. The molecule has 1 unspecified atom stereocenters. The summed E-state index contributed by atoms with van der Waals surface area (Å²) in [5.41, 5.74) is 1.99. The van der Waals surface area contributed by atoms with Gasteiger partial charge in [0.15, 0.2) is 0 Å². The van der Waals surface area contributed by atoms with Crippen molar-refractivity contribution in [3.05, 3.63) is 83.4 Å². The van der Waals surface area contributed by atoms with Crippen molar-refractivity contribution >= 4 is 56.6 Å². The number of halogens is 1. The highest BCUT2D eigenvalue weighted by molar-refractivity contribution is 8.00. The Kier molecular flexibility index (Phi) is 8.15. The van der Waals surface area contributed by atoms with Crippen LogP contribution in [0.5, 0.6) is 0 Å². The minimum absolute atomic E-state index is 0.0248. The van der Waals surface area contributed by atoms with E-state index in [-0.39, 0.29) is 23.1 Å². The second kappa shape index (κ2) is 10.8. The smallest absolute Gasteiger partial charge is 0.238 e. The van der Waals surface area contributed by atoms with E-state index >= 15 is 0 Å². The molecule has 1 atom stereocenters. The van der Waals surface area contributed by atoms with Crippen molar-refractivity contribution < 1.29 is 18.0 Å². The van der Waals surface area contributed by atoms with Crippen LogP contribution < -0.4 is 15.8 Å². The predicted octanol–water partition coefficient (Wildman–Crippen LogP) is 4.29. The standard InChI is InChI=1S/C23H22ClN3O4S2/c1-15(23(29)27-19-8-12-21(13-9-19)33(25,30)31)32-20-10-6-18(7-11-20)26-22(28)14-16-2-4-17(24)5-3-16/h2-13,15H,14H2,1H3,(H,26,28)(H,27,29)(H2,25,30,31). The summed E-state index contributed by atoms with van der Waals surface area (Å²) >= 11 is 7.21. The molecule has 3 aromatic rings. The Labute approximate surface area is 201 Å². The highest BCUT2D eigenvalue weighted by Gasteiger charge is 2.15. The van der Waals surface area contributed by atoms with Crippen molar-refractivity contribution in [3.8, 4) is 0 Å². The van der Waals surface area contributed by atoms with Gasteiger partial charge in [0.2, 0.25) is 21.8 Å². The number of rotatable bonds is 8. The normalized spacial score (nSPS) is 12.1. The molecule has 0 aliphatic rings. The van der Waals surface area contributed by atoms with E-state index in [2.05, 4.69) is 10.6 Å². The van der Waals surface area contributed by atoms with E-state index in [1.54, 1.807) is 31.2 Å². The zero-order valence-corrected chi connectivity index (χ0v) is 20.0. The van der Waals surface area contributed by atoms with Gasteiger partial charge in [0.1, 0.15) is 0 Å². The first-order chi connectivity index (χ1) is 15.6. The largest absolute Gasteiger partial charge is 0.326 e. The average Bonchev–Trinajstić information content (AvgIpc) is 2.76. The Bertz CT molecular complexity index is 1230. The summed E-state index contributed by atoms with van der Waals surface area (Å²) in [5.74, 6) is -0.373. The van der Waals surface area contributed by atoms with Crippen molar-refractivity contribution in [1.29, 1.82) is 0 Å². The Hall–Kier alpha value is -2.85. The van der Waals surface area contributed by atoms with E-state index in [4.69, 9.17) is 16.7 Å². The molecule has 0 spiro atoms. The van der Waals surface area contributed by atoms with Gasteiger partial charge < -0.3 is 10.6 Å². The predicted molar refractivity (Wildman–Crippen MR) is 132 cm³/mol. The summed E-state index contributed by atoms with van der Waals surface area (Å²) in [6.45, 7) is 1.76. The van der Waals surface area contributed by atoms with Crippen LogP contribution in [0.4, 0.5) is 11.4 Å². The minimum Gasteiger partial charge on any atom is -0.326 e. The molecule has 0 aliphatic heterocycles. The fourth-order valence-corrected chi connectivity index (χ4v) is 4.35. The summed E-state index contributed by atoms with van der Waals surface area (Å²) in [7, 11) is -3.78. The summed E-state index contributed by atoms with van der Waals surface area (Å²) in [6, 6.07) is 19.9. The highest BCUT2D eigenvalue weighted by atomic mass is 35.5. The molecular formula is C23H22ClN3O4S2. The third kappa shape index (κ3) is 7.61. The molecule has 0 saturated heterocycles. The maximum absolute atomic E-state index is 12.5. The fourth-order valence-electron chi connectivity index (χ4n) is 2.84. The number of hydrogen-bond donors (Lipinski definition) is 3. The second-order valence-corrected chi connectivity index (χ2v) is 10.6. The lowest BCUT2D eigenvalue weighted by atomic mass is 10.1. The van der Waals surface area contributed by atoms with Gasteiger partial charge in [-0.15, -0.1) is 11.8 Å². The maximum atomic E-state index is 12.5. The van der Waals surface area contributed by atoms with Crippen LogP contribution in [0.25, 0.3) is 0 Å². The van der Waals surface area contributed by atoms with Crippen LogP contribution in [0.2, 0.25) is 5.02 Å². The third-order valence-electron chi connectivity index (χ3n) is 4.55. The van der Waals surface area contributed by atoms with Crippen LogP contribution in [-0.2, 0) is 26.0 Å². The number of benzene rings is 3. The first-order valence-corrected chi connectivity index (χ1v) is 12.7. The van der Waals surface area contributed by atoms with Gasteiger partial charge in [0.05, 0.1) is 16.6 Å². The van der Waals surface area contributed by atoms with Gasteiger partial charge in [-0.3, -0.25) is 9.59 Å². The number of nitrogens with two attached hydrogens (primary N) is 1. The van der Waals surface area contributed by atoms with Gasteiger partial charge in [0, 0.05) is 21.3 Å². The molecule has 7 nitrogen and oxygen atoms in total. The number of sulfonamides is 1. The molecule has 0 heterocycles. The van der Waals surface area contributed by atoms with Gasteiger partial charge in [-0.1, -0.05) is 23.7 Å². The number of carbonyl (C=O) groups is 2. The zero-order chi connectivity index (χ0) is 24.0. The summed E-state index contributed by atoms with van der Waals surface area (Å²) < 4.78 is 22.6. The molecule has 0 bridgehead atoms.